The number of hydrogen-bond donors (Lipinski definition) is 1. The molecule has 2 N–H and O–H groups in total. The molecule has 0 radical (unpaired) electrons. The average Bonchev–Trinajstić information content (AvgIpc) is 2.97. The van der Waals surface area contributed by atoms with Gasteiger partial charge in [-0.2, -0.15) is 0 Å². The maximum atomic E-state index is 10.7. The Labute approximate surface area is 95.7 Å². The van der Waals surface area contributed by atoms with Crippen LogP contribution in [0.4, 0.5) is 5.69 Å². The molecular weight excluding hydrogens is 260 g/mol. The molecule has 0 amide bonds. The highest BCUT2D eigenvalue weighted by atomic mass is 79.9. The van der Waals surface area contributed by atoms with Crippen molar-refractivity contribution in [1.29, 1.82) is 0 Å². The standard InChI is InChI=1S/C10H11BrN2O2/c11-8-3-7(10(6-12)1-2-10)4-9(5-8)13(14)15/h3-5H,1-2,6,12H2. The molecule has 1 aromatic carbocycles. The minimum atomic E-state index is -0.374. The van der Waals surface area contributed by atoms with Crippen molar-refractivity contribution >= 4 is 21.6 Å². The van der Waals surface area contributed by atoms with E-state index in [0.29, 0.717) is 6.54 Å². The van der Waals surface area contributed by atoms with Crippen molar-refractivity contribution in [3.63, 3.8) is 0 Å². The molecule has 5 heteroatoms. The van der Waals surface area contributed by atoms with Gasteiger partial charge < -0.3 is 5.73 Å². The van der Waals surface area contributed by atoms with Crippen LogP contribution < -0.4 is 5.73 Å². The largest absolute Gasteiger partial charge is 0.330 e. The predicted octanol–water partition coefficient (Wildman–Crippen LogP) is 2.35. The van der Waals surface area contributed by atoms with E-state index in [1.165, 1.54) is 6.07 Å². The fourth-order valence-corrected chi connectivity index (χ4v) is 2.23. The third-order valence-corrected chi connectivity index (χ3v) is 3.41. The molecule has 0 heterocycles. The summed E-state index contributed by atoms with van der Waals surface area (Å²) in [6.45, 7) is 0.556. The molecule has 4 nitrogen and oxygen atoms in total. The van der Waals surface area contributed by atoms with Crippen molar-refractivity contribution in [2.45, 2.75) is 18.3 Å². The van der Waals surface area contributed by atoms with E-state index in [-0.39, 0.29) is 16.0 Å². The first-order valence-corrected chi connectivity index (χ1v) is 5.52. The van der Waals surface area contributed by atoms with Gasteiger partial charge in [0.25, 0.3) is 5.69 Å². The van der Waals surface area contributed by atoms with Crippen molar-refractivity contribution in [1.82, 2.24) is 0 Å². The smallest absolute Gasteiger partial charge is 0.270 e. The van der Waals surface area contributed by atoms with Crippen LogP contribution in [0.25, 0.3) is 0 Å². The highest BCUT2D eigenvalue weighted by Crippen LogP contribution is 2.48. The van der Waals surface area contributed by atoms with E-state index in [1.807, 2.05) is 6.07 Å². The lowest BCUT2D eigenvalue weighted by Gasteiger charge is -2.12. The molecule has 1 saturated carbocycles. The molecule has 2 rings (SSSR count). The zero-order valence-electron chi connectivity index (χ0n) is 8.07. The fourth-order valence-electron chi connectivity index (χ4n) is 1.75. The average molecular weight is 271 g/mol. The van der Waals surface area contributed by atoms with Crippen LogP contribution in [0, 0.1) is 10.1 Å². The van der Waals surface area contributed by atoms with Crippen LogP contribution >= 0.6 is 15.9 Å². The van der Waals surface area contributed by atoms with Crippen LogP contribution in [-0.2, 0) is 5.41 Å². The monoisotopic (exact) mass is 270 g/mol. The highest BCUT2D eigenvalue weighted by Gasteiger charge is 2.43. The van der Waals surface area contributed by atoms with Crippen molar-refractivity contribution in [3.8, 4) is 0 Å². The number of nitrogens with two attached hydrogens (primary N) is 1. The van der Waals surface area contributed by atoms with E-state index >= 15 is 0 Å². The van der Waals surface area contributed by atoms with Crippen molar-refractivity contribution < 1.29 is 4.92 Å². The zero-order valence-corrected chi connectivity index (χ0v) is 9.66. The lowest BCUT2D eigenvalue weighted by molar-refractivity contribution is -0.385. The predicted molar refractivity (Wildman–Crippen MR) is 60.8 cm³/mol. The van der Waals surface area contributed by atoms with E-state index < -0.39 is 0 Å². The molecule has 0 atom stereocenters. The van der Waals surface area contributed by atoms with E-state index in [1.54, 1.807) is 6.07 Å². The zero-order chi connectivity index (χ0) is 11.1. The van der Waals surface area contributed by atoms with E-state index in [2.05, 4.69) is 15.9 Å². The summed E-state index contributed by atoms with van der Waals surface area (Å²) in [6.07, 6.45) is 2.05. The van der Waals surface area contributed by atoms with Crippen LogP contribution in [0.1, 0.15) is 18.4 Å². The number of rotatable bonds is 3. The Morgan fingerprint density at radius 3 is 2.60 bits per heavy atom. The number of halogens is 1. The van der Waals surface area contributed by atoms with Crippen molar-refractivity contribution in [2.75, 3.05) is 6.54 Å². The van der Waals surface area contributed by atoms with Crippen molar-refractivity contribution in [2.24, 2.45) is 5.73 Å². The van der Waals surface area contributed by atoms with Crippen LogP contribution in [-0.4, -0.2) is 11.5 Å². The van der Waals surface area contributed by atoms with Gasteiger partial charge in [0.1, 0.15) is 0 Å². The number of benzene rings is 1. The molecule has 0 aliphatic heterocycles. The molecule has 0 aromatic heterocycles. The molecule has 0 spiro atoms. The Kier molecular flexibility index (Phi) is 2.52. The maximum absolute atomic E-state index is 10.7. The molecule has 1 aromatic rings. The first kappa shape index (κ1) is 10.6. The first-order chi connectivity index (χ1) is 7.07. The van der Waals surface area contributed by atoms with Gasteiger partial charge in [0.2, 0.25) is 0 Å². The summed E-state index contributed by atoms with van der Waals surface area (Å²) in [5.41, 5.74) is 6.79. The number of hydrogen-bond acceptors (Lipinski definition) is 3. The Morgan fingerprint density at radius 1 is 1.47 bits per heavy atom. The molecule has 0 bridgehead atoms. The van der Waals surface area contributed by atoms with Crippen LogP contribution in [0.15, 0.2) is 22.7 Å². The lowest BCUT2D eigenvalue weighted by atomic mass is 9.96. The van der Waals surface area contributed by atoms with Gasteiger partial charge in [-0.1, -0.05) is 15.9 Å². The summed E-state index contributed by atoms with van der Waals surface area (Å²) in [4.78, 5) is 10.3. The summed E-state index contributed by atoms with van der Waals surface area (Å²) in [6, 6.07) is 5.06. The number of nitro groups is 1. The van der Waals surface area contributed by atoms with Gasteiger partial charge in [0.05, 0.1) is 4.92 Å². The number of non-ortho nitro benzene ring substituents is 1. The summed E-state index contributed by atoms with van der Waals surface area (Å²) >= 11 is 3.29. The maximum Gasteiger partial charge on any atom is 0.270 e. The van der Waals surface area contributed by atoms with Gasteiger partial charge in [-0.25, -0.2) is 0 Å². The number of nitrogens with zero attached hydrogens (tertiary/aromatic N) is 1. The molecule has 15 heavy (non-hydrogen) atoms. The Hall–Kier alpha value is -0.940. The molecule has 0 saturated heterocycles. The minimum Gasteiger partial charge on any atom is -0.330 e. The van der Waals surface area contributed by atoms with Crippen LogP contribution in [0.2, 0.25) is 0 Å². The molecular formula is C10H11BrN2O2. The second kappa shape index (κ2) is 3.57. The molecule has 1 fully saturated rings. The van der Waals surface area contributed by atoms with E-state index in [0.717, 1.165) is 22.9 Å². The van der Waals surface area contributed by atoms with Gasteiger partial charge in [0, 0.05) is 28.6 Å². The summed E-state index contributed by atoms with van der Waals surface area (Å²) < 4.78 is 0.742. The van der Waals surface area contributed by atoms with Crippen LogP contribution in [0.3, 0.4) is 0 Å². The lowest BCUT2D eigenvalue weighted by Crippen LogP contribution is -2.19. The third kappa shape index (κ3) is 1.89. The van der Waals surface area contributed by atoms with Crippen LogP contribution in [0.5, 0.6) is 0 Å². The molecule has 0 unspecified atom stereocenters. The van der Waals surface area contributed by atoms with Gasteiger partial charge >= 0.3 is 0 Å². The Morgan fingerprint density at radius 2 is 2.13 bits per heavy atom. The van der Waals surface area contributed by atoms with Crippen molar-refractivity contribution in [3.05, 3.63) is 38.3 Å². The second-order valence-corrected chi connectivity index (χ2v) is 4.86. The number of nitro benzene ring substituents is 1. The van der Waals surface area contributed by atoms with Gasteiger partial charge in [-0.15, -0.1) is 0 Å². The molecule has 80 valence electrons. The SMILES string of the molecule is NCC1(c2cc(Br)cc([N+](=O)[O-])c2)CC1. The molecule has 1 aliphatic carbocycles. The highest BCUT2D eigenvalue weighted by molar-refractivity contribution is 9.10. The molecule has 1 aliphatic rings. The second-order valence-electron chi connectivity index (χ2n) is 3.94. The Balaban J connectivity index is 2.44. The summed E-state index contributed by atoms with van der Waals surface area (Å²) in [7, 11) is 0. The topological polar surface area (TPSA) is 69.2 Å². The quantitative estimate of drug-likeness (QED) is 0.677. The third-order valence-electron chi connectivity index (χ3n) is 2.95. The summed E-state index contributed by atoms with van der Waals surface area (Å²) in [5.74, 6) is 0. The normalized spacial score (nSPS) is 17.5. The van der Waals surface area contributed by atoms with Gasteiger partial charge in [0.15, 0.2) is 0 Å². The van der Waals surface area contributed by atoms with E-state index in [4.69, 9.17) is 5.73 Å². The minimum absolute atomic E-state index is 0.00542. The van der Waals surface area contributed by atoms with Gasteiger partial charge in [-0.05, 0) is 24.5 Å². The first-order valence-electron chi connectivity index (χ1n) is 4.73. The van der Waals surface area contributed by atoms with E-state index in [9.17, 15) is 10.1 Å². The Bertz CT molecular complexity index is 416. The summed E-state index contributed by atoms with van der Waals surface area (Å²) in [5, 5.41) is 10.7. The van der Waals surface area contributed by atoms with Gasteiger partial charge in [-0.3, -0.25) is 10.1 Å². The fraction of sp³-hybridized carbons (Fsp3) is 0.400.